The van der Waals surface area contributed by atoms with E-state index in [-0.39, 0.29) is 6.42 Å². The Morgan fingerprint density at radius 3 is 2.38 bits per heavy atom. The molecule has 1 N–H and O–H groups in total. The number of carbonyl (C=O) groups excluding carboxylic acids is 2. The molecule has 0 radical (unpaired) electrons. The van der Waals surface area contributed by atoms with Crippen LogP contribution >= 0.6 is 0 Å². The van der Waals surface area contributed by atoms with Crippen molar-refractivity contribution in [2.75, 3.05) is 11.9 Å². The molecule has 21 heavy (non-hydrogen) atoms. The number of rotatable bonds is 2. The molecule has 0 aromatic heterocycles. The largest absolute Gasteiger partial charge is 0.373 e. The monoisotopic (exact) mass is 281 g/mol. The van der Waals surface area contributed by atoms with Crippen molar-refractivity contribution in [3.63, 3.8) is 0 Å². The second-order valence-corrected chi connectivity index (χ2v) is 5.22. The van der Waals surface area contributed by atoms with Gasteiger partial charge >= 0.3 is 0 Å². The number of anilines is 1. The number of likely N-dealkylation sites (N-methyl/N-ethyl adjacent to an activating group) is 1. The van der Waals surface area contributed by atoms with Gasteiger partial charge in [0.05, 0.1) is 0 Å². The van der Waals surface area contributed by atoms with Gasteiger partial charge in [-0.05, 0) is 17.7 Å². The molecule has 4 heteroatoms. The zero-order valence-electron chi connectivity index (χ0n) is 11.6. The normalized spacial score (nSPS) is 20.2. The lowest BCUT2D eigenvalue weighted by Gasteiger charge is -2.26. The predicted octanol–water partition coefficient (Wildman–Crippen LogP) is 1.82. The number of carbonyl (C=O) groups is 2. The number of hydrogen-bond acceptors (Lipinski definition) is 3. The minimum Gasteiger partial charge on any atom is -0.373 e. The Balaban J connectivity index is 1.94. The summed E-state index contributed by atoms with van der Waals surface area (Å²) in [6.07, 6.45) is 0.0258. The fraction of sp³-hybridized carbons (Fsp3) is 0.176. The van der Waals surface area contributed by atoms with Crippen molar-refractivity contribution in [1.29, 1.82) is 0 Å². The lowest BCUT2D eigenvalue weighted by molar-refractivity contribution is -0.131. The second-order valence-electron chi connectivity index (χ2n) is 5.22. The summed E-state index contributed by atoms with van der Waals surface area (Å²) < 4.78 is 0. The Hall–Kier alpha value is -2.46. The summed E-state index contributed by atoms with van der Waals surface area (Å²) in [5.41, 5.74) is -0.233. The van der Waals surface area contributed by atoms with Crippen LogP contribution in [0.3, 0.4) is 0 Å². The van der Waals surface area contributed by atoms with Crippen LogP contribution in [0.5, 0.6) is 0 Å². The van der Waals surface area contributed by atoms with Crippen molar-refractivity contribution in [3.05, 3.63) is 65.7 Å². The van der Waals surface area contributed by atoms with Crippen molar-refractivity contribution in [1.82, 2.24) is 0 Å². The van der Waals surface area contributed by atoms with E-state index < -0.39 is 17.3 Å². The maximum Gasteiger partial charge on any atom is 0.267 e. The topological polar surface area (TPSA) is 57.6 Å². The SMILES string of the molecule is CN(C(=O)C1(O)Cc2ccccc2C1=O)c1ccccc1. The van der Waals surface area contributed by atoms with Crippen molar-refractivity contribution in [2.45, 2.75) is 12.0 Å². The minimum atomic E-state index is -2.01. The van der Waals surface area contributed by atoms with Crippen molar-refractivity contribution < 1.29 is 14.7 Å². The van der Waals surface area contributed by atoms with Gasteiger partial charge in [-0.3, -0.25) is 9.59 Å². The molecule has 106 valence electrons. The van der Waals surface area contributed by atoms with Crippen molar-refractivity contribution >= 4 is 17.4 Å². The molecule has 0 saturated carbocycles. The smallest absolute Gasteiger partial charge is 0.267 e. The third-order valence-electron chi connectivity index (χ3n) is 3.89. The lowest BCUT2D eigenvalue weighted by atomic mass is 9.97. The number of ketones is 1. The zero-order valence-corrected chi connectivity index (χ0v) is 11.6. The highest BCUT2D eigenvalue weighted by Gasteiger charge is 2.51. The van der Waals surface area contributed by atoms with Gasteiger partial charge in [-0.1, -0.05) is 42.5 Å². The average molecular weight is 281 g/mol. The summed E-state index contributed by atoms with van der Waals surface area (Å²) in [6.45, 7) is 0. The van der Waals surface area contributed by atoms with Gasteiger partial charge in [0.2, 0.25) is 11.4 Å². The van der Waals surface area contributed by atoms with Gasteiger partial charge in [-0.25, -0.2) is 0 Å². The van der Waals surface area contributed by atoms with E-state index in [2.05, 4.69) is 0 Å². The van der Waals surface area contributed by atoms with E-state index in [1.54, 1.807) is 55.6 Å². The van der Waals surface area contributed by atoms with E-state index in [9.17, 15) is 14.7 Å². The van der Waals surface area contributed by atoms with Crippen LogP contribution in [0.25, 0.3) is 0 Å². The molecule has 2 aromatic rings. The maximum atomic E-state index is 12.6. The molecule has 0 spiro atoms. The highest BCUT2D eigenvalue weighted by molar-refractivity contribution is 6.23. The molecule has 0 fully saturated rings. The molecule has 2 aromatic carbocycles. The Morgan fingerprint density at radius 2 is 1.71 bits per heavy atom. The summed E-state index contributed by atoms with van der Waals surface area (Å²) in [4.78, 5) is 26.3. The standard InChI is InChI=1S/C17H15NO3/c1-18(13-8-3-2-4-9-13)16(20)17(21)11-12-7-5-6-10-14(12)15(17)19/h2-10,21H,11H2,1H3. The minimum absolute atomic E-state index is 0.0258. The summed E-state index contributed by atoms with van der Waals surface area (Å²) in [6, 6.07) is 15.9. The van der Waals surface area contributed by atoms with Gasteiger partial charge in [-0.2, -0.15) is 0 Å². The number of Topliss-reactive ketones (excluding diaryl/α,β-unsaturated/α-hetero) is 1. The summed E-state index contributed by atoms with van der Waals surface area (Å²) >= 11 is 0. The molecule has 1 amide bonds. The van der Waals surface area contributed by atoms with Crippen LogP contribution in [-0.2, 0) is 11.2 Å². The number of fused-ring (bicyclic) bond motifs is 1. The van der Waals surface area contributed by atoms with E-state index in [0.29, 0.717) is 16.8 Å². The van der Waals surface area contributed by atoms with Gasteiger partial charge in [0.25, 0.3) is 5.91 Å². The Kier molecular flexibility index (Phi) is 3.11. The van der Waals surface area contributed by atoms with Crippen LogP contribution in [0.15, 0.2) is 54.6 Å². The fourth-order valence-electron chi connectivity index (χ4n) is 2.69. The van der Waals surface area contributed by atoms with E-state index in [4.69, 9.17) is 0 Å². The number of amides is 1. The predicted molar refractivity (Wildman–Crippen MR) is 79.3 cm³/mol. The number of hydrogen-bond donors (Lipinski definition) is 1. The van der Waals surface area contributed by atoms with Crippen LogP contribution in [0.2, 0.25) is 0 Å². The van der Waals surface area contributed by atoms with Crippen LogP contribution in [0.1, 0.15) is 15.9 Å². The third kappa shape index (κ3) is 2.04. The number of nitrogens with zero attached hydrogens (tertiary/aromatic N) is 1. The molecular formula is C17H15NO3. The molecule has 4 nitrogen and oxygen atoms in total. The molecule has 0 aliphatic heterocycles. The van der Waals surface area contributed by atoms with Gasteiger partial charge in [0, 0.05) is 24.7 Å². The molecule has 1 atom stereocenters. The first-order valence-corrected chi connectivity index (χ1v) is 6.72. The van der Waals surface area contributed by atoms with Crippen molar-refractivity contribution in [2.24, 2.45) is 0 Å². The van der Waals surface area contributed by atoms with Crippen LogP contribution in [0.4, 0.5) is 5.69 Å². The fourth-order valence-corrected chi connectivity index (χ4v) is 2.69. The molecule has 0 bridgehead atoms. The molecule has 0 heterocycles. The first kappa shape index (κ1) is 13.5. The number of para-hydroxylation sites is 1. The zero-order chi connectivity index (χ0) is 15.0. The first-order chi connectivity index (χ1) is 10.0. The number of benzene rings is 2. The summed E-state index contributed by atoms with van der Waals surface area (Å²) in [5.74, 6) is -1.12. The Labute approximate surface area is 122 Å². The average Bonchev–Trinajstić information content (AvgIpc) is 2.79. The van der Waals surface area contributed by atoms with Gasteiger partial charge in [0.15, 0.2) is 0 Å². The first-order valence-electron chi connectivity index (χ1n) is 6.72. The quantitative estimate of drug-likeness (QED) is 0.854. The van der Waals surface area contributed by atoms with Crippen LogP contribution < -0.4 is 4.90 Å². The Morgan fingerprint density at radius 1 is 1.10 bits per heavy atom. The molecule has 1 aliphatic rings. The Bertz CT molecular complexity index is 711. The molecular weight excluding hydrogens is 266 g/mol. The van der Waals surface area contributed by atoms with Gasteiger partial charge in [0.1, 0.15) is 0 Å². The van der Waals surface area contributed by atoms with Crippen molar-refractivity contribution in [3.8, 4) is 0 Å². The molecule has 0 saturated heterocycles. The second kappa shape index (κ2) is 4.82. The molecule has 1 aliphatic carbocycles. The third-order valence-corrected chi connectivity index (χ3v) is 3.89. The van der Waals surface area contributed by atoms with E-state index in [0.717, 1.165) is 0 Å². The molecule has 1 unspecified atom stereocenters. The number of aliphatic hydroxyl groups is 1. The molecule has 3 rings (SSSR count). The highest BCUT2D eigenvalue weighted by Crippen LogP contribution is 2.32. The van der Waals surface area contributed by atoms with E-state index in [1.165, 1.54) is 4.90 Å². The summed E-state index contributed by atoms with van der Waals surface area (Å²) in [7, 11) is 1.56. The highest BCUT2D eigenvalue weighted by atomic mass is 16.3. The van der Waals surface area contributed by atoms with Gasteiger partial charge < -0.3 is 10.0 Å². The van der Waals surface area contributed by atoms with Gasteiger partial charge in [-0.15, -0.1) is 0 Å². The van der Waals surface area contributed by atoms with E-state index >= 15 is 0 Å². The van der Waals surface area contributed by atoms with Crippen LogP contribution in [-0.4, -0.2) is 29.4 Å². The summed E-state index contributed by atoms with van der Waals surface area (Å²) in [5, 5.41) is 10.6. The van der Waals surface area contributed by atoms with E-state index in [1.807, 2.05) is 6.07 Å². The van der Waals surface area contributed by atoms with Crippen LogP contribution in [0, 0.1) is 0 Å². The maximum absolute atomic E-state index is 12.6. The lowest BCUT2D eigenvalue weighted by Crippen LogP contribution is -2.52.